The summed E-state index contributed by atoms with van der Waals surface area (Å²) in [4.78, 5) is 124. The van der Waals surface area contributed by atoms with Crippen molar-refractivity contribution in [3.8, 4) is 0 Å². The summed E-state index contributed by atoms with van der Waals surface area (Å²) in [6.07, 6.45) is 2.35. The molecular weight excluding hydrogens is 930 g/mol. The molecule has 8 amide bonds. The summed E-state index contributed by atoms with van der Waals surface area (Å²) in [5.74, 6) is -4.98. The molecule has 1 aliphatic heterocycles. The van der Waals surface area contributed by atoms with Gasteiger partial charge in [0.2, 0.25) is 35.4 Å². The Morgan fingerprint density at radius 2 is 1.06 bits per heavy atom. The van der Waals surface area contributed by atoms with Gasteiger partial charge in [-0.2, -0.15) is 0 Å². The number of carbonyl (C=O) groups excluding carboxylic acids is 9. The van der Waals surface area contributed by atoms with E-state index in [4.69, 9.17) is 25.9 Å². The molecule has 22 heteroatoms. The van der Waals surface area contributed by atoms with Gasteiger partial charge >= 0.3 is 18.2 Å². The van der Waals surface area contributed by atoms with Crippen LogP contribution in [-0.2, 0) is 54.5 Å². The Morgan fingerprint density at radius 3 is 1.56 bits per heavy atom. The monoisotopic (exact) mass is 1010 g/mol. The van der Waals surface area contributed by atoms with E-state index in [0.717, 1.165) is 19.3 Å². The van der Waals surface area contributed by atoms with Crippen molar-refractivity contribution in [1.29, 1.82) is 0 Å². The zero-order valence-electron chi connectivity index (χ0n) is 42.7. The summed E-state index contributed by atoms with van der Waals surface area (Å²) in [7, 11) is 0. The summed E-state index contributed by atoms with van der Waals surface area (Å²) >= 11 is 6.15. The summed E-state index contributed by atoms with van der Waals surface area (Å²) in [5, 5.41) is 22.9. The van der Waals surface area contributed by atoms with Crippen molar-refractivity contribution < 1.29 is 57.5 Å². The Morgan fingerprint density at radius 1 is 0.586 bits per heavy atom. The van der Waals surface area contributed by atoms with E-state index in [-0.39, 0.29) is 50.7 Å². The Kier molecular flexibility index (Phi) is 26.0. The number of alkyl carbamates (subject to hydrolysis) is 2. The van der Waals surface area contributed by atoms with Gasteiger partial charge in [-0.25, -0.2) is 14.4 Å². The van der Waals surface area contributed by atoms with Crippen LogP contribution in [0.2, 0.25) is 5.02 Å². The highest BCUT2D eigenvalue weighted by molar-refractivity contribution is 6.31. The van der Waals surface area contributed by atoms with E-state index in [1.165, 1.54) is 27.7 Å². The lowest BCUT2D eigenvalue weighted by Gasteiger charge is -2.27. The predicted molar refractivity (Wildman–Crippen MR) is 261 cm³/mol. The number of piperidine rings is 1. The van der Waals surface area contributed by atoms with Crippen LogP contribution >= 0.6 is 11.6 Å². The van der Waals surface area contributed by atoms with Crippen LogP contribution < -0.4 is 42.5 Å². The average molecular weight is 1010 g/mol. The number of nitrogens with one attached hydrogen (secondary N) is 8. The smallest absolute Gasteiger partial charge is 0.408 e. The molecule has 0 saturated carbocycles. The molecule has 0 aliphatic carbocycles. The van der Waals surface area contributed by atoms with Crippen molar-refractivity contribution >= 4 is 65.2 Å². The number of hydroxylamine groups is 2. The second-order valence-electron chi connectivity index (χ2n) is 19.5. The molecule has 0 unspecified atom stereocenters. The van der Waals surface area contributed by atoms with Crippen LogP contribution in [0.3, 0.4) is 0 Å². The third kappa shape index (κ3) is 23.7. The SMILES string of the molecule is CC(C)C[C@H](NC(=O)[C@H](C)NC(=O)OC(C)(C)C)C(=O)N[C@@H](C)C(=O)N[C@@H](CCCCNC(=O)OCc1ccccc1Cl)C(=O)N[C@@H](C)C(=O)N[C@@H](CC(C)C)C(=O)N[C@@H](C)C(=O)ON1CCCCC1. The molecule has 1 aliphatic rings. The number of hydrogen-bond donors (Lipinski definition) is 8. The van der Waals surface area contributed by atoms with Gasteiger partial charge in [0.15, 0.2) is 0 Å². The number of benzene rings is 1. The quantitative estimate of drug-likeness (QED) is 0.0617. The molecule has 2 rings (SSSR count). The topological polar surface area (TPSA) is 281 Å². The molecule has 21 nitrogen and oxygen atoms in total. The van der Waals surface area contributed by atoms with Gasteiger partial charge in [0.05, 0.1) is 0 Å². The lowest BCUT2D eigenvalue weighted by molar-refractivity contribution is -0.196. The maximum absolute atomic E-state index is 13.9. The largest absolute Gasteiger partial charge is 0.445 e. The van der Waals surface area contributed by atoms with Crippen molar-refractivity contribution in [2.75, 3.05) is 19.6 Å². The van der Waals surface area contributed by atoms with Crippen LogP contribution in [0.15, 0.2) is 24.3 Å². The third-order valence-electron chi connectivity index (χ3n) is 10.7. The highest BCUT2D eigenvalue weighted by atomic mass is 35.5. The number of halogens is 1. The molecule has 0 radical (unpaired) electrons. The number of carbonyl (C=O) groups is 9. The van der Waals surface area contributed by atoms with Gasteiger partial charge in [-0.15, -0.1) is 5.06 Å². The molecule has 8 N–H and O–H groups in total. The fourth-order valence-electron chi connectivity index (χ4n) is 6.88. The van der Waals surface area contributed by atoms with Crippen molar-refractivity contribution in [2.24, 2.45) is 11.8 Å². The first kappa shape index (κ1) is 60.4. The van der Waals surface area contributed by atoms with Crippen molar-refractivity contribution in [3.05, 3.63) is 34.9 Å². The van der Waals surface area contributed by atoms with Gasteiger partial charge in [0, 0.05) is 30.2 Å². The summed E-state index contributed by atoms with van der Waals surface area (Å²) in [6, 6.07) is -1.04. The molecule has 1 fully saturated rings. The summed E-state index contributed by atoms with van der Waals surface area (Å²) in [5.41, 5.74) is -0.185. The normalized spacial score (nSPS) is 15.9. The maximum atomic E-state index is 13.9. The van der Waals surface area contributed by atoms with Crippen LogP contribution in [0, 0.1) is 11.8 Å². The van der Waals surface area contributed by atoms with Gasteiger partial charge in [-0.05, 0) is 111 Å². The van der Waals surface area contributed by atoms with E-state index in [9.17, 15) is 43.2 Å². The van der Waals surface area contributed by atoms with Gasteiger partial charge in [0.25, 0.3) is 0 Å². The van der Waals surface area contributed by atoms with E-state index in [1.54, 1.807) is 50.1 Å². The first-order valence-electron chi connectivity index (χ1n) is 24.2. The van der Waals surface area contributed by atoms with Crippen molar-refractivity contribution in [2.45, 2.75) is 182 Å². The molecule has 0 aromatic heterocycles. The second-order valence-corrected chi connectivity index (χ2v) is 19.9. The van der Waals surface area contributed by atoms with E-state index in [0.29, 0.717) is 30.1 Å². The Hall–Kier alpha value is -5.70. The molecule has 70 heavy (non-hydrogen) atoms. The lowest BCUT2D eigenvalue weighted by atomic mass is 10.0. The highest BCUT2D eigenvalue weighted by Gasteiger charge is 2.33. The van der Waals surface area contributed by atoms with Crippen LogP contribution in [0.4, 0.5) is 9.59 Å². The fraction of sp³-hybridized carbons (Fsp3) is 0.688. The van der Waals surface area contributed by atoms with E-state index >= 15 is 0 Å². The highest BCUT2D eigenvalue weighted by Crippen LogP contribution is 2.16. The van der Waals surface area contributed by atoms with Crippen molar-refractivity contribution in [3.63, 3.8) is 0 Å². The number of nitrogens with zero attached hydrogens (tertiary/aromatic N) is 1. The minimum Gasteiger partial charge on any atom is -0.445 e. The number of ether oxygens (including phenoxy) is 2. The summed E-state index contributed by atoms with van der Waals surface area (Å²) in [6.45, 7) is 19.4. The minimum absolute atomic E-state index is 0.0291. The van der Waals surface area contributed by atoms with Crippen LogP contribution in [0.25, 0.3) is 0 Å². The Balaban J connectivity index is 2.16. The minimum atomic E-state index is -1.25. The molecule has 1 heterocycles. The Labute approximate surface area is 417 Å². The van der Waals surface area contributed by atoms with Gasteiger partial charge in [0.1, 0.15) is 54.5 Å². The van der Waals surface area contributed by atoms with Gasteiger partial charge in [-0.1, -0.05) is 63.9 Å². The maximum Gasteiger partial charge on any atom is 0.408 e. The fourth-order valence-corrected chi connectivity index (χ4v) is 7.07. The first-order chi connectivity index (χ1) is 32.8. The predicted octanol–water partition coefficient (Wildman–Crippen LogP) is 3.65. The van der Waals surface area contributed by atoms with E-state index < -0.39 is 101 Å². The molecule has 0 spiro atoms. The molecule has 1 aromatic rings. The van der Waals surface area contributed by atoms with Gasteiger partial charge < -0.3 is 56.8 Å². The van der Waals surface area contributed by atoms with E-state index in [1.807, 2.05) is 27.7 Å². The molecular formula is C48H78ClN9O12. The molecule has 7 atom stereocenters. The number of hydrogen-bond acceptors (Lipinski definition) is 13. The van der Waals surface area contributed by atoms with Crippen LogP contribution in [0.1, 0.15) is 133 Å². The zero-order chi connectivity index (χ0) is 52.7. The number of amides is 8. The second kappa shape index (κ2) is 30.1. The first-order valence-corrected chi connectivity index (χ1v) is 24.6. The zero-order valence-corrected chi connectivity index (χ0v) is 43.5. The standard InChI is InChI=1S/C48H78ClN9O12/c1-28(2)25-37(57-41(61)32(7)54-47(67)69-48(9,10)11)43(63)52-30(5)39(59)55-36(21-15-16-22-50-46(66)68-27-34-19-13-14-20-35(34)49)42(62)51-31(6)40(60)56-38(26-29(3)4)44(64)53-33(8)45(65)70-58-23-17-12-18-24-58/h13-14,19-20,28-33,36-38H,12,15-18,21-27H2,1-11H3,(H,50,66)(H,51,62)(H,52,63)(H,53,64)(H,54,67)(H,55,59)(H,56,60)(H,57,61)/t30-,31-,32-,33-,36-,37-,38-/m0/s1. The Bertz CT molecular complexity index is 1920. The molecule has 1 saturated heterocycles. The summed E-state index contributed by atoms with van der Waals surface area (Å²) < 4.78 is 10.5. The third-order valence-corrected chi connectivity index (χ3v) is 11.1. The van der Waals surface area contributed by atoms with Gasteiger partial charge in [-0.3, -0.25) is 28.8 Å². The molecule has 1 aromatic carbocycles. The van der Waals surface area contributed by atoms with Crippen LogP contribution in [-0.4, -0.2) is 126 Å². The number of unbranched alkanes of at least 4 members (excludes halogenated alkanes) is 1. The average Bonchev–Trinajstić information content (AvgIpc) is 3.26. The van der Waals surface area contributed by atoms with E-state index in [2.05, 4.69) is 42.5 Å². The number of rotatable bonds is 26. The lowest BCUT2D eigenvalue weighted by Crippen LogP contribution is -2.59. The molecule has 394 valence electrons. The van der Waals surface area contributed by atoms with Crippen molar-refractivity contribution in [1.82, 2.24) is 47.6 Å². The molecule has 0 bridgehead atoms. The van der Waals surface area contributed by atoms with Crippen LogP contribution in [0.5, 0.6) is 0 Å².